The highest BCUT2D eigenvalue weighted by Crippen LogP contribution is 2.22. The minimum absolute atomic E-state index is 1.35. The molecule has 0 aliphatic rings. The van der Waals surface area contributed by atoms with Gasteiger partial charge in [-0.25, -0.2) is 0 Å². The molecule has 0 spiro atoms. The van der Waals surface area contributed by atoms with Crippen molar-refractivity contribution in [1.29, 1.82) is 0 Å². The molecule has 0 fully saturated rings. The number of aryl methyl sites for hydroxylation is 1. The maximum Gasteiger partial charge on any atom is 0.00747 e. The summed E-state index contributed by atoms with van der Waals surface area (Å²) in [6.07, 6.45) is 2.11. The molecule has 0 unspecified atom stereocenters. The zero-order chi connectivity index (χ0) is 9.14. The third-order valence-electron chi connectivity index (χ3n) is 1.86. The van der Waals surface area contributed by atoms with Gasteiger partial charge in [-0.1, -0.05) is 19.9 Å². The molecule has 0 heterocycles. The van der Waals surface area contributed by atoms with Crippen molar-refractivity contribution in [1.82, 2.24) is 0 Å². The zero-order valence-electron chi connectivity index (χ0n) is 8.14. The molecule has 1 radical (unpaired) electrons. The van der Waals surface area contributed by atoms with Crippen molar-refractivity contribution in [3.63, 3.8) is 0 Å². The van der Waals surface area contributed by atoms with Crippen LogP contribution in [-0.2, 0) is 0 Å². The first-order chi connectivity index (χ1) is 5.63. The molecule has 1 rings (SSSR count). The van der Waals surface area contributed by atoms with E-state index in [1.54, 1.807) is 11.8 Å². The Labute approximate surface area is 79.4 Å². The fraction of sp³-hybridized carbons (Fsp3) is 0.364. The Kier molecular flexibility index (Phi) is 3.21. The van der Waals surface area contributed by atoms with Gasteiger partial charge in [0.1, 0.15) is 0 Å². The fourth-order valence-corrected chi connectivity index (χ4v) is 1.70. The lowest BCUT2D eigenvalue weighted by molar-refractivity contribution is 1.12. The topological polar surface area (TPSA) is 0 Å². The molecule has 12 heavy (non-hydrogen) atoms. The summed E-state index contributed by atoms with van der Waals surface area (Å²) in [6.45, 7) is 6.45. The minimum atomic E-state index is 1.35. The molecular formula is C11H15S. The summed E-state index contributed by atoms with van der Waals surface area (Å²) in [6, 6.07) is 6.69. The van der Waals surface area contributed by atoms with Crippen LogP contribution in [0.4, 0.5) is 0 Å². The Morgan fingerprint density at radius 2 is 1.83 bits per heavy atom. The third-order valence-corrected chi connectivity index (χ3v) is 2.57. The van der Waals surface area contributed by atoms with Gasteiger partial charge in [-0.05, 0) is 42.4 Å². The molecule has 1 aromatic carbocycles. The number of thioether (sulfide) groups is 1. The normalized spacial score (nSPS) is 10.8. The van der Waals surface area contributed by atoms with E-state index >= 15 is 0 Å². The molecule has 0 amide bonds. The molecule has 0 bridgehead atoms. The second-order valence-electron chi connectivity index (χ2n) is 3.24. The summed E-state index contributed by atoms with van der Waals surface area (Å²) in [5, 5.41) is 0. The van der Waals surface area contributed by atoms with Gasteiger partial charge in [0.05, 0.1) is 0 Å². The van der Waals surface area contributed by atoms with Crippen molar-refractivity contribution in [3.05, 3.63) is 35.2 Å². The Hall–Kier alpha value is -0.430. The standard InChI is InChI=1S/C11H15S/c1-8(2)10-5-9(3)6-11(7-10)12-4/h5-7H,1-4H3. The van der Waals surface area contributed by atoms with E-state index in [1.165, 1.54) is 21.9 Å². The van der Waals surface area contributed by atoms with Crippen LogP contribution in [0.2, 0.25) is 0 Å². The van der Waals surface area contributed by atoms with Crippen LogP contribution < -0.4 is 0 Å². The maximum atomic E-state index is 2.24. The molecule has 0 N–H and O–H groups in total. The van der Waals surface area contributed by atoms with E-state index < -0.39 is 0 Å². The Morgan fingerprint density at radius 1 is 1.17 bits per heavy atom. The van der Waals surface area contributed by atoms with Gasteiger partial charge in [-0.15, -0.1) is 11.8 Å². The van der Waals surface area contributed by atoms with E-state index in [0.717, 1.165) is 0 Å². The summed E-state index contributed by atoms with van der Waals surface area (Å²) >= 11 is 1.80. The first kappa shape index (κ1) is 9.66. The lowest BCUT2D eigenvalue weighted by atomic mass is 10.0. The summed E-state index contributed by atoms with van der Waals surface area (Å²) in [5.41, 5.74) is 2.71. The average Bonchev–Trinajstić information content (AvgIpc) is 2.03. The molecular weight excluding hydrogens is 164 g/mol. The number of rotatable bonds is 2. The van der Waals surface area contributed by atoms with E-state index in [0.29, 0.717) is 0 Å². The van der Waals surface area contributed by atoms with Crippen molar-refractivity contribution >= 4 is 11.8 Å². The van der Waals surface area contributed by atoms with Crippen molar-refractivity contribution in [2.24, 2.45) is 0 Å². The minimum Gasteiger partial charge on any atom is -0.130 e. The average molecular weight is 179 g/mol. The summed E-state index contributed by atoms with van der Waals surface area (Å²) in [5.74, 6) is 1.38. The first-order valence-electron chi connectivity index (χ1n) is 4.09. The smallest absolute Gasteiger partial charge is 0.00747 e. The number of benzene rings is 1. The van der Waals surface area contributed by atoms with Crippen LogP contribution in [0.25, 0.3) is 0 Å². The van der Waals surface area contributed by atoms with Gasteiger partial charge >= 0.3 is 0 Å². The van der Waals surface area contributed by atoms with E-state index in [1.807, 2.05) is 0 Å². The van der Waals surface area contributed by atoms with Gasteiger partial charge in [0.2, 0.25) is 0 Å². The fourth-order valence-electron chi connectivity index (χ4n) is 1.15. The van der Waals surface area contributed by atoms with Crippen LogP contribution in [0.3, 0.4) is 0 Å². The molecule has 0 saturated carbocycles. The van der Waals surface area contributed by atoms with Crippen molar-refractivity contribution in [2.75, 3.05) is 6.26 Å². The highest BCUT2D eigenvalue weighted by atomic mass is 32.2. The summed E-state index contributed by atoms with van der Waals surface area (Å²) in [4.78, 5) is 1.35. The monoisotopic (exact) mass is 179 g/mol. The molecule has 1 aromatic rings. The lowest BCUT2D eigenvalue weighted by Crippen LogP contribution is -1.89. The second kappa shape index (κ2) is 3.99. The van der Waals surface area contributed by atoms with Crippen molar-refractivity contribution < 1.29 is 0 Å². The number of hydrogen-bond acceptors (Lipinski definition) is 1. The van der Waals surface area contributed by atoms with Crippen LogP contribution in [0, 0.1) is 12.8 Å². The van der Waals surface area contributed by atoms with Crippen LogP contribution in [0.5, 0.6) is 0 Å². The molecule has 0 aromatic heterocycles. The Balaban J connectivity index is 3.06. The van der Waals surface area contributed by atoms with Gasteiger partial charge in [0.15, 0.2) is 0 Å². The van der Waals surface area contributed by atoms with Gasteiger partial charge in [0, 0.05) is 4.90 Å². The highest BCUT2D eigenvalue weighted by Gasteiger charge is 2.01. The van der Waals surface area contributed by atoms with Crippen LogP contribution in [0.1, 0.15) is 25.0 Å². The molecule has 65 valence electrons. The number of hydrogen-bond donors (Lipinski definition) is 0. The van der Waals surface area contributed by atoms with Crippen LogP contribution in [0.15, 0.2) is 23.1 Å². The molecule has 1 heteroatoms. The van der Waals surface area contributed by atoms with Crippen molar-refractivity contribution in [3.8, 4) is 0 Å². The summed E-state index contributed by atoms with van der Waals surface area (Å²) in [7, 11) is 0. The second-order valence-corrected chi connectivity index (χ2v) is 4.12. The zero-order valence-corrected chi connectivity index (χ0v) is 8.96. The Morgan fingerprint density at radius 3 is 2.33 bits per heavy atom. The van der Waals surface area contributed by atoms with Crippen LogP contribution in [-0.4, -0.2) is 6.26 Å². The van der Waals surface area contributed by atoms with Crippen molar-refractivity contribution in [2.45, 2.75) is 25.7 Å². The quantitative estimate of drug-likeness (QED) is 0.624. The molecule has 0 aliphatic heterocycles. The van der Waals surface area contributed by atoms with E-state index in [-0.39, 0.29) is 0 Å². The highest BCUT2D eigenvalue weighted by molar-refractivity contribution is 7.98. The molecule has 0 aliphatic carbocycles. The molecule has 0 saturated heterocycles. The predicted octanol–water partition coefficient (Wildman–Crippen LogP) is 3.68. The van der Waals surface area contributed by atoms with Gasteiger partial charge in [0.25, 0.3) is 0 Å². The maximum absolute atomic E-state index is 2.24. The third kappa shape index (κ3) is 2.28. The van der Waals surface area contributed by atoms with E-state index in [9.17, 15) is 0 Å². The SMILES string of the molecule is CSc1cc(C)cc([C](C)C)c1. The largest absolute Gasteiger partial charge is 0.130 e. The predicted molar refractivity (Wildman–Crippen MR) is 56.7 cm³/mol. The lowest BCUT2D eigenvalue weighted by Gasteiger charge is -2.07. The van der Waals surface area contributed by atoms with Crippen LogP contribution >= 0.6 is 11.8 Å². The molecule has 0 nitrogen and oxygen atoms in total. The summed E-state index contributed by atoms with van der Waals surface area (Å²) < 4.78 is 0. The van der Waals surface area contributed by atoms with E-state index in [4.69, 9.17) is 0 Å². The van der Waals surface area contributed by atoms with Gasteiger partial charge in [-0.3, -0.25) is 0 Å². The van der Waals surface area contributed by atoms with E-state index in [2.05, 4.69) is 45.2 Å². The first-order valence-corrected chi connectivity index (χ1v) is 5.32. The Bertz CT molecular complexity index is 264. The van der Waals surface area contributed by atoms with Gasteiger partial charge < -0.3 is 0 Å². The molecule has 0 atom stereocenters. The van der Waals surface area contributed by atoms with Gasteiger partial charge in [-0.2, -0.15) is 0 Å².